The summed E-state index contributed by atoms with van der Waals surface area (Å²) in [6.45, 7) is 6.38. The molecule has 0 aliphatic carbocycles. The van der Waals surface area contributed by atoms with Gasteiger partial charge in [-0.1, -0.05) is 0 Å². The molecule has 7 heteroatoms. The zero-order chi connectivity index (χ0) is 15.3. The van der Waals surface area contributed by atoms with Crippen LogP contribution in [0.25, 0.3) is 0 Å². The normalized spacial score (nSPS) is 11.2. The molecule has 0 fully saturated rings. The van der Waals surface area contributed by atoms with Crippen LogP contribution >= 0.6 is 0 Å². The average molecular weight is 283 g/mol. The van der Waals surface area contributed by atoms with E-state index in [0.29, 0.717) is 6.54 Å². The Hall–Kier alpha value is -2.02. The molecule has 0 spiro atoms. The first-order valence-corrected chi connectivity index (χ1v) is 6.17. The molecule has 0 unspecified atom stereocenters. The van der Waals surface area contributed by atoms with Gasteiger partial charge in [0.1, 0.15) is 5.82 Å². The molecular formula is C13H18FN3O3. The molecule has 0 saturated heterocycles. The molecule has 1 amide bonds. The highest BCUT2D eigenvalue weighted by atomic mass is 19.1. The Morgan fingerprint density at radius 2 is 2.00 bits per heavy atom. The maximum atomic E-state index is 13.2. The van der Waals surface area contributed by atoms with E-state index >= 15 is 0 Å². The zero-order valence-electron chi connectivity index (χ0n) is 11.7. The van der Waals surface area contributed by atoms with E-state index in [1.807, 2.05) is 20.8 Å². The zero-order valence-corrected chi connectivity index (χ0v) is 11.7. The summed E-state index contributed by atoms with van der Waals surface area (Å²) in [5.41, 5.74) is -0.414. The molecule has 0 aromatic heterocycles. The van der Waals surface area contributed by atoms with E-state index in [-0.39, 0.29) is 23.6 Å². The third-order valence-electron chi connectivity index (χ3n) is 2.38. The molecule has 1 aromatic rings. The maximum absolute atomic E-state index is 13.2. The highest BCUT2D eigenvalue weighted by Crippen LogP contribution is 2.20. The van der Waals surface area contributed by atoms with E-state index < -0.39 is 16.4 Å². The van der Waals surface area contributed by atoms with Crippen LogP contribution in [0.5, 0.6) is 0 Å². The van der Waals surface area contributed by atoms with E-state index in [1.54, 1.807) is 0 Å². The summed E-state index contributed by atoms with van der Waals surface area (Å²) in [7, 11) is 0. The van der Waals surface area contributed by atoms with Crippen LogP contribution in [0.2, 0.25) is 0 Å². The van der Waals surface area contributed by atoms with E-state index in [9.17, 15) is 19.3 Å². The minimum absolute atomic E-state index is 0.0810. The number of benzene rings is 1. The van der Waals surface area contributed by atoms with E-state index in [0.717, 1.165) is 18.2 Å². The third-order valence-corrected chi connectivity index (χ3v) is 2.38. The number of carbonyl (C=O) groups is 1. The molecule has 2 N–H and O–H groups in total. The van der Waals surface area contributed by atoms with Crippen molar-refractivity contribution in [2.75, 3.05) is 11.9 Å². The topological polar surface area (TPSA) is 84.3 Å². The predicted molar refractivity (Wildman–Crippen MR) is 74.1 cm³/mol. The highest BCUT2D eigenvalue weighted by molar-refractivity contribution is 5.91. The monoisotopic (exact) mass is 283 g/mol. The number of non-ortho nitro benzene ring substituents is 1. The van der Waals surface area contributed by atoms with Gasteiger partial charge in [0.25, 0.3) is 5.69 Å². The van der Waals surface area contributed by atoms with Crippen LogP contribution in [0.1, 0.15) is 27.2 Å². The Bertz CT molecular complexity index is 512. The quantitative estimate of drug-likeness (QED) is 0.642. The highest BCUT2D eigenvalue weighted by Gasteiger charge is 2.13. The van der Waals surface area contributed by atoms with Gasteiger partial charge in [0.15, 0.2) is 0 Å². The second kappa shape index (κ2) is 6.42. The number of nitro benzene ring substituents is 1. The first-order valence-electron chi connectivity index (χ1n) is 6.17. The van der Waals surface area contributed by atoms with Gasteiger partial charge in [-0.25, -0.2) is 4.39 Å². The SMILES string of the molecule is CC(C)(C)NCCC(=O)Nc1cc(F)cc([N+](=O)[O-])c1. The lowest BCUT2D eigenvalue weighted by Crippen LogP contribution is -2.37. The molecule has 0 bridgehead atoms. The Morgan fingerprint density at radius 3 is 2.55 bits per heavy atom. The molecule has 0 aliphatic rings. The number of nitro groups is 1. The lowest BCUT2D eigenvalue weighted by molar-refractivity contribution is -0.385. The fourth-order valence-corrected chi connectivity index (χ4v) is 1.53. The van der Waals surface area contributed by atoms with Gasteiger partial charge in [0.05, 0.1) is 16.7 Å². The first kappa shape index (κ1) is 16.0. The number of nitrogens with zero attached hydrogens (tertiary/aromatic N) is 1. The standard InChI is InChI=1S/C13H18FN3O3/c1-13(2,3)15-5-4-12(18)16-10-6-9(14)7-11(8-10)17(19)20/h6-8,15H,4-5H2,1-3H3,(H,16,18). The van der Waals surface area contributed by atoms with Crippen molar-refractivity contribution in [3.63, 3.8) is 0 Å². The molecule has 0 radical (unpaired) electrons. The summed E-state index contributed by atoms with van der Waals surface area (Å²) in [5.74, 6) is -1.09. The smallest absolute Gasteiger partial charge is 0.274 e. The van der Waals surface area contributed by atoms with Crippen molar-refractivity contribution < 1.29 is 14.1 Å². The maximum Gasteiger partial charge on any atom is 0.274 e. The van der Waals surface area contributed by atoms with Gasteiger partial charge in [-0.3, -0.25) is 14.9 Å². The first-order chi connectivity index (χ1) is 9.17. The Morgan fingerprint density at radius 1 is 1.35 bits per heavy atom. The van der Waals surface area contributed by atoms with Gasteiger partial charge in [-0.05, 0) is 26.8 Å². The summed E-state index contributed by atoms with van der Waals surface area (Å²) in [5, 5.41) is 16.2. The summed E-state index contributed by atoms with van der Waals surface area (Å²) in [6, 6.07) is 2.97. The lowest BCUT2D eigenvalue weighted by atomic mass is 10.1. The van der Waals surface area contributed by atoms with Crippen LogP contribution in [0.3, 0.4) is 0 Å². The van der Waals surface area contributed by atoms with Crippen molar-refractivity contribution in [3.05, 3.63) is 34.1 Å². The second-order valence-electron chi connectivity index (χ2n) is 5.43. The van der Waals surface area contributed by atoms with Gasteiger partial charge in [0.2, 0.25) is 5.91 Å². The fraction of sp³-hybridized carbons (Fsp3) is 0.462. The molecule has 1 rings (SSSR count). The Balaban J connectivity index is 2.60. The summed E-state index contributed by atoms with van der Waals surface area (Å²) in [6.07, 6.45) is 0.196. The summed E-state index contributed by atoms with van der Waals surface area (Å²) < 4.78 is 13.2. The predicted octanol–water partition coefficient (Wildman–Crippen LogP) is 2.45. The summed E-state index contributed by atoms with van der Waals surface area (Å²) >= 11 is 0. The minimum Gasteiger partial charge on any atom is -0.326 e. The van der Waals surface area contributed by atoms with Gasteiger partial charge in [-0.2, -0.15) is 0 Å². The average Bonchev–Trinajstić information content (AvgIpc) is 2.25. The largest absolute Gasteiger partial charge is 0.326 e. The molecule has 110 valence electrons. The van der Waals surface area contributed by atoms with Crippen molar-refractivity contribution in [2.45, 2.75) is 32.7 Å². The molecule has 0 atom stereocenters. The molecule has 1 aromatic carbocycles. The van der Waals surface area contributed by atoms with Crippen molar-refractivity contribution in [1.82, 2.24) is 5.32 Å². The van der Waals surface area contributed by atoms with Gasteiger partial charge >= 0.3 is 0 Å². The third kappa shape index (κ3) is 5.75. The molecule has 0 aliphatic heterocycles. The van der Waals surface area contributed by atoms with Crippen molar-refractivity contribution in [3.8, 4) is 0 Å². The number of halogens is 1. The lowest BCUT2D eigenvalue weighted by Gasteiger charge is -2.20. The summed E-state index contributed by atoms with van der Waals surface area (Å²) in [4.78, 5) is 21.5. The van der Waals surface area contributed by atoms with E-state index in [4.69, 9.17) is 0 Å². The van der Waals surface area contributed by atoms with Crippen LogP contribution < -0.4 is 10.6 Å². The van der Waals surface area contributed by atoms with Crippen molar-refractivity contribution in [2.24, 2.45) is 0 Å². The van der Waals surface area contributed by atoms with Gasteiger partial charge in [0, 0.05) is 24.6 Å². The number of carbonyl (C=O) groups excluding carboxylic acids is 1. The van der Waals surface area contributed by atoms with E-state index in [2.05, 4.69) is 10.6 Å². The van der Waals surface area contributed by atoms with Crippen molar-refractivity contribution in [1.29, 1.82) is 0 Å². The molecule has 0 saturated carbocycles. The number of amides is 1. The van der Waals surface area contributed by atoms with Crippen LogP contribution in [0.15, 0.2) is 18.2 Å². The van der Waals surface area contributed by atoms with Crippen LogP contribution in [-0.4, -0.2) is 22.9 Å². The molecular weight excluding hydrogens is 265 g/mol. The number of hydrogen-bond acceptors (Lipinski definition) is 4. The number of rotatable bonds is 5. The van der Waals surface area contributed by atoms with Crippen LogP contribution in [0, 0.1) is 15.9 Å². The van der Waals surface area contributed by atoms with Crippen LogP contribution in [-0.2, 0) is 4.79 Å². The Kier molecular flexibility index (Phi) is 5.15. The Labute approximate surface area is 116 Å². The van der Waals surface area contributed by atoms with Gasteiger partial charge < -0.3 is 10.6 Å². The number of anilines is 1. The van der Waals surface area contributed by atoms with Crippen molar-refractivity contribution >= 4 is 17.3 Å². The number of hydrogen-bond donors (Lipinski definition) is 2. The second-order valence-corrected chi connectivity index (χ2v) is 5.43. The number of nitrogens with one attached hydrogen (secondary N) is 2. The fourth-order valence-electron chi connectivity index (χ4n) is 1.53. The van der Waals surface area contributed by atoms with Gasteiger partial charge in [-0.15, -0.1) is 0 Å². The molecule has 20 heavy (non-hydrogen) atoms. The minimum atomic E-state index is -0.762. The van der Waals surface area contributed by atoms with Crippen LogP contribution in [0.4, 0.5) is 15.8 Å². The van der Waals surface area contributed by atoms with E-state index in [1.165, 1.54) is 0 Å². The molecule has 0 heterocycles. The molecule has 6 nitrogen and oxygen atoms in total.